The summed E-state index contributed by atoms with van der Waals surface area (Å²) in [6.45, 7) is 0.737. The fraction of sp³-hybridized carbons (Fsp3) is 0.438. The molecule has 2 unspecified atom stereocenters. The van der Waals surface area contributed by atoms with E-state index >= 15 is 0 Å². The van der Waals surface area contributed by atoms with Crippen LogP contribution in [-0.4, -0.2) is 24.3 Å². The molecule has 1 aliphatic heterocycles. The zero-order valence-corrected chi connectivity index (χ0v) is 11.5. The van der Waals surface area contributed by atoms with Crippen LogP contribution >= 0.6 is 0 Å². The summed E-state index contributed by atoms with van der Waals surface area (Å²) in [6.07, 6.45) is 4.59. The lowest BCUT2D eigenvalue weighted by Crippen LogP contribution is -2.47. The molecule has 1 saturated heterocycles. The Morgan fingerprint density at radius 3 is 2.75 bits per heavy atom. The van der Waals surface area contributed by atoms with E-state index in [0.29, 0.717) is 12.8 Å². The van der Waals surface area contributed by atoms with Gasteiger partial charge in [0.2, 0.25) is 5.91 Å². The minimum absolute atomic E-state index is 0.156. The third kappa shape index (κ3) is 4.46. The van der Waals surface area contributed by atoms with Crippen molar-refractivity contribution < 1.29 is 9.59 Å². The number of rotatable bonds is 6. The van der Waals surface area contributed by atoms with Crippen molar-refractivity contribution in [2.24, 2.45) is 11.7 Å². The van der Waals surface area contributed by atoms with Gasteiger partial charge in [-0.25, -0.2) is 0 Å². The molecular weight excluding hydrogens is 252 g/mol. The van der Waals surface area contributed by atoms with Crippen LogP contribution in [0.5, 0.6) is 0 Å². The van der Waals surface area contributed by atoms with Gasteiger partial charge in [0.25, 0.3) is 0 Å². The number of carbonyl (C=O) groups is 2. The maximum atomic E-state index is 12.0. The molecule has 1 heterocycles. The van der Waals surface area contributed by atoms with E-state index in [1.165, 1.54) is 5.56 Å². The number of carbonyl (C=O) groups excluding carboxylic acids is 2. The van der Waals surface area contributed by atoms with Crippen molar-refractivity contribution in [2.75, 3.05) is 6.54 Å². The number of amides is 1. The van der Waals surface area contributed by atoms with Crippen LogP contribution in [0, 0.1) is 12.3 Å². The number of nitrogens with two attached hydrogens (primary N) is 1. The zero-order chi connectivity index (χ0) is 14.4. The van der Waals surface area contributed by atoms with E-state index in [4.69, 9.17) is 5.73 Å². The Morgan fingerprint density at radius 2 is 2.05 bits per heavy atom. The van der Waals surface area contributed by atoms with E-state index in [1.807, 2.05) is 30.3 Å². The predicted octanol–water partition coefficient (Wildman–Crippen LogP) is 1.25. The summed E-state index contributed by atoms with van der Waals surface area (Å²) < 4.78 is 0. The zero-order valence-electron chi connectivity index (χ0n) is 11.5. The number of nitrogens with one attached hydrogen (secondary N) is 1. The summed E-state index contributed by atoms with van der Waals surface area (Å²) >= 11 is 0. The van der Waals surface area contributed by atoms with Crippen molar-refractivity contribution in [3.05, 3.63) is 42.3 Å². The average Bonchev–Trinajstić information content (AvgIpc) is 2.46. The lowest BCUT2D eigenvalue weighted by molar-refractivity contribution is -0.121. The molecule has 0 aromatic heterocycles. The van der Waals surface area contributed by atoms with E-state index in [0.717, 1.165) is 19.4 Å². The predicted molar refractivity (Wildman–Crippen MR) is 77.8 cm³/mol. The lowest BCUT2D eigenvalue weighted by atomic mass is 9.87. The van der Waals surface area contributed by atoms with Gasteiger partial charge in [0.05, 0.1) is 6.04 Å². The molecule has 0 spiro atoms. The van der Waals surface area contributed by atoms with Gasteiger partial charge in [0, 0.05) is 12.8 Å². The molecule has 107 valence electrons. The van der Waals surface area contributed by atoms with Crippen LogP contribution in [-0.2, 0) is 16.0 Å². The number of hydrogen-bond donors (Lipinski definition) is 2. The Morgan fingerprint density at radius 1 is 1.30 bits per heavy atom. The Kier molecular flexibility index (Phi) is 5.30. The van der Waals surface area contributed by atoms with Crippen molar-refractivity contribution >= 4 is 11.7 Å². The number of ketones is 1. The van der Waals surface area contributed by atoms with Gasteiger partial charge in [-0.05, 0) is 37.3 Å². The second-order valence-corrected chi connectivity index (χ2v) is 5.31. The van der Waals surface area contributed by atoms with E-state index < -0.39 is 0 Å². The van der Waals surface area contributed by atoms with Crippen LogP contribution in [0.3, 0.4) is 0 Å². The molecule has 1 radical (unpaired) electrons. The van der Waals surface area contributed by atoms with Gasteiger partial charge >= 0.3 is 0 Å². The molecule has 2 rings (SSSR count). The number of primary amides is 1. The first-order valence-electron chi connectivity index (χ1n) is 7.09. The summed E-state index contributed by atoms with van der Waals surface area (Å²) in [5.41, 5.74) is 6.47. The third-order valence-corrected chi connectivity index (χ3v) is 3.71. The van der Waals surface area contributed by atoms with E-state index in [9.17, 15) is 9.59 Å². The van der Waals surface area contributed by atoms with Gasteiger partial charge in [-0.15, -0.1) is 0 Å². The molecule has 20 heavy (non-hydrogen) atoms. The van der Waals surface area contributed by atoms with E-state index in [1.54, 1.807) is 6.42 Å². The van der Waals surface area contributed by atoms with Crippen LogP contribution in [0.15, 0.2) is 30.3 Å². The molecule has 1 aliphatic rings. The largest absolute Gasteiger partial charge is 0.368 e. The molecule has 3 N–H and O–H groups in total. The normalized spacial score (nSPS) is 22.4. The standard InChI is InChI=1S/C16H21N2O2/c17-16(20)15-11-13(8-9-18-15)10-14(19)7-6-12-4-2-1-3-5-12/h1-5,10,13,15,18H,6-9,11H2,(H2,17,20). The molecular formula is C16H21N2O2. The molecule has 0 bridgehead atoms. The smallest absolute Gasteiger partial charge is 0.234 e. The van der Waals surface area contributed by atoms with Crippen LogP contribution in [0.4, 0.5) is 0 Å². The average molecular weight is 273 g/mol. The highest BCUT2D eigenvalue weighted by molar-refractivity contribution is 5.87. The quantitative estimate of drug-likeness (QED) is 0.819. The summed E-state index contributed by atoms with van der Waals surface area (Å²) in [7, 11) is 0. The highest BCUT2D eigenvalue weighted by Crippen LogP contribution is 2.20. The molecule has 1 aromatic carbocycles. The highest BCUT2D eigenvalue weighted by atomic mass is 16.1. The SMILES string of the molecule is NC(=O)C1CC([CH]C(=O)CCc2ccccc2)CCN1. The van der Waals surface area contributed by atoms with Crippen molar-refractivity contribution in [1.29, 1.82) is 0 Å². The third-order valence-electron chi connectivity index (χ3n) is 3.71. The van der Waals surface area contributed by atoms with Crippen LogP contribution in [0.1, 0.15) is 24.8 Å². The molecule has 1 amide bonds. The van der Waals surface area contributed by atoms with Gasteiger partial charge in [-0.3, -0.25) is 9.59 Å². The molecule has 4 nitrogen and oxygen atoms in total. The number of aryl methyl sites for hydroxylation is 1. The Balaban J connectivity index is 1.75. The number of benzene rings is 1. The fourth-order valence-electron chi connectivity index (χ4n) is 2.57. The molecule has 4 heteroatoms. The second-order valence-electron chi connectivity index (χ2n) is 5.31. The van der Waals surface area contributed by atoms with Gasteiger partial charge in [-0.2, -0.15) is 0 Å². The van der Waals surface area contributed by atoms with E-state index in [-0.39, 0.29) is 23.7 Å². The van der Waals surface area contributed by atoms with Gasteiger partial charge < -0.3 is 11.1 Å². The first-order chi connectivity index (χ1) is 9.65. The maximum absolute atomic E-state index is 12.0. The molecule has 0 saturated carbocycles. The van der Waals surface area contributed by atoms with Gasteiger partial charge in [0.15, 0.2) is 0 Å². The van der Waals surface area contributed by atoms with Crippen molar-refractivity contribution in [2.45, 2.75) is 31.7 Å². The molecule has 0 aliphatic carbocycles. The van der Waals surface area contributed by atoms with Crippen molar-refractivity contribution in [3.8, 4) is 0 Å². The summed E-state index contributed by atoms with van der Waals surface area (Å²) in [4.78, 5) is 23.1. The van der Waals surface area contributed by atoms with Crippen LogP contribution < -0.4 is 11.1 Å². The minimum Gasteiger partial charge on any atom is -0.368 e. The first-order valence-corrected chi connectivity index (χ1v) is 7.09. The Hall–Kier alpha value is -1.68. The molecule has 1 fully saturated rings. The first kappa shape index (κ1) is 14.7. The number of piperidine rings is 1. The molecule has 1 aromatic rings. The fourth-order valence-corrected chi connectivity index (χ4v) is 2.57. The number of Topliss-reactive ketones (excluding diaryl/α,β-unsaturated/α-hetero) is 1. The topological polar surface area (TPSA) is 72.2 Å². The monoisotopic (exact) mass is 273 g/mol. The highest BCUT2D eigenvalue weighted by Gasteiger charge is 2.26. The van der Waals surface area contributed by atoms with Crippen molar-refractivity contribution in [1.82, 2.24) is 5.32 Å². The Labute approximate surface area is 119 Å². The maximum Gasteiger partial charge on any atom is 0.234 e. The summed E-state index contributed by atoms with van der Waals surface area (Å²) in [5.74, 6) is -0.0131. The summed E-state index contributed by atoms with van der Waals surface area (Å²) in [5, 5.41) is 3.07. The van der Waals surface area contributed by atoms with Gasteiger partial charge in [-0.1, -0.05) is 30.3 Å². The summed E-state index contributed by atoms with van der Waals surface area (Å²) in [6, 6.07) is 9.69. The molecule has 2 atom stereocenters. The van der Waals surface area contributed by atoms with Gasteiger partial charge in [0.1, 0.15) is 5.78 Å². The Bertz CT molecular complexity index is 459. The second kappa shape index (κ2) is 7.20. The van der Waals surface area contributed by atoms with Crippen molar-refractivity contribution in [3.63, 3.8) is 0 Å². The van der Waals surface area contributed by atoms with Crippen LogP contribution in [0.2, 0.25) is 0 Å². The van der Waals surface area contributed by atoms with Crippen LogP contribution in [0.25, 0.3) is 0 Å². The minimum atomic E-state index is -0.333. The lowest BCUT2D eigenvalue weighted by Gasteiger charge is -2.27. The number of hydrogen-bond acceptors (Lipinski definition) is 3. The van der Waals surface area contributed by atoms with E-state index in [2.05, 4.69) is 5.32 Å².